The first kappa shape index (κ1) is 52.5. The SMILES string of the molecule is CCCCCCCCOc1cc(P(C)(c2ccccc2)(c2ccccc2)c2ccccc2)c(OCCCCCCCC)cc1P(C)(c1ccccc1)(c1ccccc1)c1ccccc1.Cl.Cl. The van der Waals surface area contributed by atoms with Crippen LogP contribution in [0.15, 0.2) is 194 Å². The standard InChI is InChI=1S/C60H72O2P2.2ClH/c1-5-7-9-11-13-33-47-61-57-49-60(64(4,54-41-27-18-28-42-54,55-43-29-19-30-44-55)56-45-31-20-32-46-56)58(62-48-34-14-12-10-8-6-2)50-59(57)63(3,51-35-21-15-22-36-51,52-37-23-16-24-38-52)53-39-25-17-26-40-53;;/h15-32,35-46,49-50H,5-14,33-34,47-48H2,1-4H3;2*1H. The van der Waals surface area contributed by atoms with Gasteiger partial charge in [-0.1, -0.05) is 0 Å². The van der Waals surface area contributed by atoms with Crippen LogP contribution in [0.3, 0.4) is 0 Å². The monoisotopic (exact) mass is 958 g/mol. The van der Waals surface area contributed by atoms with Crippen molar-refractivity contribution in [3.05, 3.63) is 194 Å². The van der Waals surface area contributed by atoms with Gasteiger partial charge in [0.1, 0.15) is 0 Å². The normalized spacial score (nSPS) is 12.6. The van der Waals surface area contributed by atoms with E-state index in [0.717, 1.165) is 37.2 Å². The summed E-state index contributed by atoms with van der Waals surface area (Å²) in [6, 6.07) is 72.7. The predicted molar refractivity (Wildman–Crippen MR) is 300 cm³/mol. The Labute approximate surface area is 410 Å². The second kappa shape index (κ2) is 24.6. The van der Waals surface area contributed by atoms with Crippen LogP contribution in [0.25, 0.3) is 0 Å². The van der Waals surface area contributed by atoms with Gasteiger partial charge in [0.2, 0.25) is 0 Å². The summed E-state index contributed by atoms with van der Waals surface area (Å²) in [4.78, 5) is 0. The molecular formula is C60H74Cl2O2P2. The number of ether oxygens (including phenoxy) is 2. The molecule has 0 N–H and O–H groups in total. The van der Waals surface area contributed by atoms with Crippen LogP contribution in [-0.4, -0.2) is 26.5 Å². The van der Waals surface area contributed by atoms with Crippen LogP contribution in [0.1, 0.15) is 90.9 Å². The van der Waals surface area contributed by atoms with E-state index in [0.29, 0.717) is 13.2 Å². The van der Waals surface area contributed by atoms with Crippen LogP contribution in [0.4, 0.5) is 0 Å². The van der Waals surface area contributed by atoms with E-state index < -0.39 is 13.2 Å². The Bertz CT molecular complexity index is 2090. The first-order chi connectivity index (χ1) is 31.4. The fourth-order valence-electron chi connectivity index (χ4n) is 10.3. The molecule has 6 heteroatoms. The smallest absolute Gasteiger partial charge is 0.147 e. The van der Waals surface area contributed by atoms with Crippen LogP contribution >= 0.6 is 38.0 Å². The van der Waals surface area contributed by atoms with Gasteiger partial charge in [-0.2, -0.15) is 0 Å². The van der Waals surface area contributed by atoms with Crippen molar-refractivity contribution in [2.45, 2.75) is 90.9 Å². The van der Waals surface area contributed by atoms with E-state index in [9.17, 15) is 0 Å². The molecule has 0 radical (unpaired) electrons. The Morgan fingerprint density at radius 3 is 0.742 bits per heavy atom. The van der Waals surface area contributed by atoms with Gasteiger partial charge >= 0.3 is 388 Å². The molecule has 0 aliphatic rings. The molecule has 0 amide bonds. The maximum absolute atomic E-state index is 7.50. The first-order valence-corrected chi connectivity index (χ1v) is 29.6. The van der Waals surface area contributed by atoms with E-state index in [-0.39, 0.29) is 24.8 Å². The number of rotatable bonds is 24. The Hall–Kier alpha value is -4.42. The van der Waals surface area contributed by atoms with Crippen molar-refractivity contribution >= 4 is 80.5 Å². The molecule has 0 bridgehead atoms. The molecule has 7 rings (SSSR count). The van der Waals surface area contributed by atoms with E-state index in [4.69, 9.17) is 9.47 Å². The van der Waals surface area contributed by atoms with Crippen molar-refractivity contribution in [2.75, 3.05) is 26.5 Å². The molecule has 0 unspecified atom stereocenters. The van der Waals surface area contributed by atoms with E-state index in [1.54, 1.807) is 0 Å². The molecule has 66 heavy (non-hydrogen) atoms. The zero-order chi connectivity index (χ0) is 44.6. The van der Waals surface area contributed by atoms with E-state index in [2.05, 4.69) is 221 Å². The fourth-order valence-corrected chi connectivity index (χ4v) is 21.5. The maximum atomic E-state index is 7.50. The number of unbranched alkanes of at least 4 members (excludes halogenated alkanes) is 10. The van der Waals surface area contributed by atoms with E-state index >= 15 is 0 Å². The Morgan fingerprint density at radius 2 is 0.515 bits per heavy atom. The Morgan fingerprint density at radius 1 is 0.303 bits per heavy atom. The molecule has 0 saturated heterocycles. The van der Waals surface area contributed by atoms with Crippen LogP contribution in [0, 0.1) is 0 Å². The zero-order valence-corrected chi connectivity index (χ0v) is 43.3. The summed E-state index contributed by atoms with van der Waals surface area (Å²) in [5.41, 5.74) is 0. The summed E-state index contributed by atoms with van der Waals surface area (Å²) in [6.45, 7) is 3.75. The third-order valence-corrected chi connectivity index (χ3v) is 26.8. The molecule has 0 aliphatic heterocycles. The summed E-state index contributed by atoms with van der Waals surface area (Å²) < 4.78 is 15.0. The van der Waals surface area contributed by atoms with Gasteiger partial charge in [0.15, 0.2) is 0 Å². The van der Waals surface area contributed by atoms with Gasteiger partial charge in [-0.25, -0.2) is 0 Å². The molecule has 0 atom stereocenters. The molecule has 0 saturated carbocycles. The Balaban J connectivity index is 0.00000408. The molecule has 0 aromatic heterocycles. The van der Waals surface area contributed by atoms with Gasteiger partial charge in [-0.15, -0.1) is 24.8 Å². The van der Waals surface area contributed by atoms with Crippen LogP contribution < -0.4 is 51.9 Å². The topological polar surface area (TPSA) is 18.5 Å². The van der Waals surface area contributed by atoms with Crippen LogP contribution in [0.5, 0.6) is 11.5 Å². The molecular weight excluding hydrogens is 886 g/mol. The number of benzene rings is 7. The van der Waals surface area contributed by atoms with Gasteiger partial charge in [0.05, 0.1) is 0 Å². The van der Waals surface area contributed by atoms with Gasteiger partial charge in [-0.3, -0.25) is 0 Å². The zero-order valence-electron chi connectivity index (χ0n) is 39.9. The molecule has 0 spiro atoms. The number of hydrogen-bond donors (Lipinski definition) is 0. The van der Waals surface area contributed by atoms with E-state index in [1.807, 2.05) is 0 Å². The van der Waals surface area contributed by atoms with Gasteiger partial charge < -0.3 is 0 Å². The summed E-state index contributed by atoms with van der Waals surface area (Å²) >= 11 is 0. The fraction of sp³-hybridized carbons (Fsp3) is 0.300. The Kier molecular flexibility index (Phi) is 19.6. The van der Waals surface area contributed by atoms with Crippen LogP contribution in [-0.2, 0) is 0 Å². The number of halogens is 2. The van der Waals surface area contributed by atoms with Gasteiger partial charge in [0.25, 0.3) is 0 Å². The molecule has 2 nitrogen and oxygen atoms in total. The minimum absolute atomic E-state index is 0. The third-order valence-electron chi connectivity index (χ3n) is 14.2. The largest absolute Gasteiger partial charge is 0.147 e. The third kappa shape index (κ3) is 10.2. The van der Waals surface area contributed by atoms with Crippen LogP contribution in [0.2, 0.25) is 0 Å². The molecule has 0 heterocycles. The number of hydrogen-bond acceptors (Lipinski definition) is 2. The van der Waals surface area contributed by atoms with Crippen molar-refractivity contribution in [3.8, 4) is 11.5 Å². The van der Waals surface area contributed by atoms with E-state index in [1.165, 1.54) is 93.8 Å². The molecule has 7 aromatic carbocycles. The average molecular weight is 960 g/mol. The summed E-state index contributed by atoms with van der Waals surface area (Å²) in [5, 5.41) is 10.2. The maximum Gasteiger partial charge on any atom is -0.147 e. The average Bonchev–Trinajstić information content (AvgIpc) is 3.37. The quantitative estimate of drug-likeness (QED) is 0.0444. The molecule has 7 aromatic rings. The minimum atomic E-state index is -3.62. The van der Waals surface area contributed by atoms with Crippen molar-refractivity contribution in [3.63, 3.8) is 0 Å². The molecule has 0 aliphatic carbocycles. The van der Waals surface area contributed by atoms with Gasteiger partial charge in [-0.05, 0) is 0 Å². The summed E-state index contributed by atoms with van der Waals surface area (Å²) in [6.07, 6.45) is 14.4. The van der Waals surface area contributed by atoms with Crippen molar-refractivity contribution in [1.29, 1.82) is 0 Å². The van der Waals surface area contributed by atoms with Crippen molar-refractivity contribution < 1.29 is 9.47 Å². The predicted octanol–water partition coefficient (Wildman–Crippen LogP) is 13.6. The second-order valence-corrected chi connectivity index (χ2v) is 28.5. The van der Waals surface area contributed by atoms with Gasteiger partial charge in [0, 0.05) is 0 Å². The second-order valence-electron chi connectivity index (χ2n) is 18.2. The summed E-state index contributed by atoms with van der Waals surface area (Å²) in [7, 11) is 0. The minimum Gasteiger partial charge on any atom is -0.147 e. The van der Waals surface area contributed by atoms with Crippen molar-refractivity contribution in [2.24, 2.45) is 0 Å². The summed E-state index contributed by atoms with van der Waals surface area (Å²) in [5.74, 6) is 1.90. The van der Waals surface area contributed by atoms with Crippen molar-refractivity contribution in [1.82, 2.24) is 0 Å². The molecule has 0 fully saturated rings. The first-order valence-electron chi connectivity index (χ1n) is 24.2. The molecule has 350 valence electrons.